The number of carbonyl (C=O) groups is 3. The summed E-state index contributed by atoms with van der Waals surface area (Å²) in [5, 5.41) is 2.46. The molecule has 27 heavy (non-hydrogen) atoms. The summed E-state index contributed by atoms with van der Waals surface area (Å²) in [6.45, 7) is 3.09. The van der Waals surface area contributed by atoms with Crippen LogP contribution in [-0.2, 0) is 30.5 Å². The Balaban J connectivity index is 2.54. The van der Waals surface area contributed by atoms with Gasteiger partial charge in [0.2, 0.25) is 11.7 Å². The third-order valence-electron chi connectivity index (χ3n) is 3.27. The maximum atomic E-state index is 12.8. The number of nitrogens with one attached hydrogen (secondary N) is 1. The molecule has 0 unspecified atom stereocenters. The minimum atomic E-state index is -1.04. The van der Waals surface area contributed by atoms with Gasteiger partial charge in [0.15, 0.2) is 0 Å². The standard InChI is InChI=1S/C18H22FN3O5/c1-12(2)27-18(25)16(8-7-15(23)9-21-20)22-17(24)11-26-10-13-3-5-14(19)6-4-13/h3-6,9,12,16H,7-8,10-11H2,1-2H3,(H,22,24)/t16-/m0/s1. The van der Waals surface area contributed by atoms with Crippen LogP contribution in [0.1, 0.15) is 32.3 Å². The number of amides is 1. The number of ketones is 1. The van der Waals surface area contributed by atoms with Gasteiger partial charge in [0.25, 0.3) is 0 Å². The van der Waals surface area contributed by atoms with Crippen molar-refractivity contribution < 1.29 is 33.0 Å². The Bertz CT molecular complexity index is 699. The van der Waals surface area contributed by atoms with Gasteiger partial charge in [-0.15, -0.1) is 0 Å². The molecule has 1 N–H and O–H groups in total. The van der Waals surface area contributed by atoms with Crippen LogP contribution in [0, 0.1) is 5.82 Å². The molecule has 0 spiro atoms. The molecule has 0 aliphatic heterocycles. The molecule has 0 aliphatic carbocycles. The van der Waals surface area contributed by atoms with E-state index in [1.54, 1.807) is 13.8 Å². The normalized spacial score (nSPS) is 11.4. The number of hydrogen-bond acceptors (Lipinski definition) is 5. The number of ether oxygens (including phenoxy) is 2. The van der Waals surface area contributed by atoms with Gasteiger partial charge in [0, 0.05) is 6.42 Å². The fourth-order valence-electron chi connectivity index (χ4n) is 2.06. The van der Waals surface area contributed by atoms with Crippen molar-refractivity contribution in [2.24, 2.45) is 0 Å². The SMILES string of the molecule is CC(C)OC(=O)[C@H](CCC(=O)C=[N+]=[N-])NC(=O)COCc1ccc(F)cc1. The number of esters is 1. The lowest BCUT2D eigenvalue weighted by molar-refractivity contribution is -0.152. The second-order valence-corrected chi connectivity index (χ2v) is 5.97. The Labute approximate surface area is 156 Å². The quantitative estimate of drug-likeness (QED) is 0.270. The number of hydrogen-bond donors (Lipinski definition) is 1. The summed E-state index contributed by atoms with van der Waals surface area (Å²) in [6.07, 6.45) is 0.207. The fraction of sp³-hybridized carbons (Fsp3) is 0.444. The van der Waals surface area contributed by atoms with Gasteiger partial charge in [0.05, 0.1) is 12.7 Å². The van der Waals surface area contributed by atoms with Crippen LogP contribution in [0.25, 0.3) is 5.53 Å². The molecule has 8 nitrogen and oxygen atoms in total. The molecule has 0 fully saturated rings. The first-order chi connectivity index (χ1) is 12.8. The second kappa shape index (κ2) is 11.7. The number of nitrogens with zero attached hydrogens (tertiary/aromatic N) is 2. The van der Waals surface area contributed by atoms with Gasteiger partial charge in [-0.05, 0) is 38.0 Å². The average molecular weight is 379 g/mol. The van der Waals surface area contributed by atoms with Crippen molar-refractivity contribution in [2.75, 3.05) is 6.61 Å². The maximum Gasteiger partial charge on any atom is 0.328 e. The Morgan fingerprint density at radius 1 is 1.26 bits per heavy atom. The van der Waals surface area contributed by atoms with Gasteiger partial charge in [-0.1, -0.05) is 12.1 Å². The van der Waals surface area contributed by atoms with Crippen LogP contribution in [0.3, 0.4) is 0 Å². The first-order valence-corrected chi connectivity index (χ1v) is 8.34. The van der Waals surface area contributed by atoms with Gasteiger partial charge < -0.3 is 20.3 Å². The fourth-order valence-corrected chi connectivity index (χ4v) is 2.06. The Morgan fingerprint density at radius 3 is 2.52 bits per heavy atom. The van der Waals surface area contributed by atoms with E-state index >= 15 is 0 Å². The molecule has 0 radical (unpaired) electrons. The summed E-state index contributed by atoms with van der Waals surface area (Å²) >= 11 is 0. The zero-order valence-corrected chi connectivity index (χ0v) is 15.2. The smallest absolute Gasteiger partial charge is 0.328 e. The van der Waals surface area contributed by atoms with Crippen LogP contribution in [-0.4, -0.2) is 47.4 Å². The number of benzene rings is 1. The molecule has 146 valence electrons. The summed E-state index contributed by atoms with van der Waals surface area (Å²) in [6, 6.07) is 4.59. The maximum absolute atomic E-state index is 12.8. The summed E-state index contributed by atoms with van der Waals surface area (Å²) in [7, 11) is 0. The lowest BCUT2D eigenvalue weighted by Gasteiger charge is -2.18. The number of halogens is 1. The van der Waals surface area contributed by atoms with Gasteiger partial charge >= 0.3 is 12.2 Å². The molecule has 9 heteroatoms. The van der Waals surface area contributed by atoms with Crippen molar-refractivity contribution in [2.45, 2.75) is 45.4 Å². The van der Waals surface area contributed by atoms with Crippen LogP contribution < -0.4 is 5.32 Å². The Hall–Kier alpha value is -2.90. The third kappa shape index (κ3) is 9.39. The number of Topliss-reactive ketones (excluding diaryl/α,β-unsaturated/α-hetero) is 1. The highest BCUT2D eigenvalue weighted by molar-refractivity contribution is 6.25. The summed E-state index contributed by atoms with van der Waals surface area (Å²) in [4.78, 5) is 38.1. The van der Waals surface area contributed by atoms with Crippen molar-refractivity contribution in [1.82, 2.24) is 5.32 Å². The third-order valence-corrected chi connectivity index (χ3v) is 3.27. The molecule has 0 saturated carbocycles. The molecular formula is C18H22FN3O5. The monoisotopic (exact) mass is 379 g/mol. The lowest BCUT2D eigenvalue weighted by atomic mass is 10.1. The molecule has 0 bridgehead atoms. The van der Waals surface area contributed by atoms with E-state index < -0.39 is 23.7 Å². The molecule has 1 rings (SSSR count). The first kappa shape index (κ1) is 22.1. The van der Waals surface area contributed by atoms with Crippen molar-refractivity contribution in [3.8, 4) is 0 Å². The summed E-state index contributed by atoms with van der Waals surface area (Å²) < 4.78 is 23.1. The predicted octanol–water partition coefficient (Wildman–Crippen LogP) is 1.43. The van der Waals surface area contributed by atoms with Crippen molar-refractivity contribution in [1.29, 1.82) is 0 Å². The molecule has 0 aliphatic rings. The van der Waals surface area contributed by atoms with E-state index in [9.17, 15) is 18.8 Å². The van der Waals surface area contributed by atoms with Gasteiger partial charge in [-0.3, -0.25) is 9.59 Å². The topological polar surface area (TPSA) is 118 Å². The van der Waals surface area contributed by atoms with E-state index in [2.05, 4.69) is 10.1 Å². The van der Waals surface area contributed by atoms with Crippen LogP contribution in [0.4, 0.5) is 4.39 Å². The molecule has 1 aromatic carbocycles. The van der Waals surface area contributed by atoms with Crippen molar-refractivity contribution in [3.05, 3.63) is 41.2 Å². The van der Waals surface area contributed by atoms with Crippen LogP contribution in [0.5, 0.6) is 0 Å². The highest BCUT2D eigenvalue weighted by Crippen LogP contribution is 2.05. The molecule has 1 aromatic rings. The molecular weight excluding hydrogens is 357 g/mol. The van der Waals surface area contributed by atoms with E-state index in [0.29, 0.717) is 5.56 Å². The molecule has 0 heterocycles. The zero-order chi connectivity index (χ0) is 20.2. The van der Waals surface area contributed by atoms with E-state index in [0.717, 1.165) is 6.21 Å². The van der Waals surface area contributed by atoms with Crippen molar-refractivity contribution >= 4 is 23.9 Å². The van der Waals surface area contributed by atoms with E-state index in [4.69, 9.17) is 15.0 Å². The van der Waals surface area contributed by atoms with Gasteiger partial charge in [0.1, 0.15) is 18.5 Å². The Kier molecular flexibility index (Phi) is 9.57. The van der Waals surface area contributed by atoms with Crippen molar-refractivity contribution in [3.63, 3.8) is 0 Å². The highest BCUT2D eigenvalue weighted by Gasteiger charge is 2.24. The molecule has 1 amide bonds. The largest absolute Gasteiger partial charge is 0.461 e. The summed E-state index contributed by atoms with van der Waals surface area (Å²) in [5.41, 5.74) is 9.02. The predicted molar refractivity (Wildman–Crippen MR) is 93.1 cm³/mol. The number of carbonyl (C=O) groups excluding carboxylic acids is 3. The average Bonchev–Trinajstić information content (AvgIpc) is 2.60. The van der Waals surface area contributed by atoms with E-state index in [1.165, 1.54) is 24.3 Å². The lowest BCUT2D eigenvalue weighted by Crippen LogP contribution is -2.44. The van der Waals surface area contributed by atoms with Crippen LogP contribution >= 0.6 is 0 Å². The Morgan fingerprint density at radius 2 is 1.93 bits per heavy atom. The molecule has 0 saturated heterocycles. The summed E-state index contributed by atoms with van der Waals surface area (Å²) in [5.74, 6) is -2.11. The minimum Gasteiger partial charge on any atom is -0.461 e. The van der Waals surface area contributed by atoms with Gasteiger partial charge in [-0.25, -0.2) is 9.18 Å². The zero-order valence-electron chi connectivity index (χ0n) is 15.2. The van der Waals surface area contributed by atoms with E-state index in [1.807, 2.05) is 0 Å². The highest BCUT2D eigenvalue weighted by atomic mass is 19.1. The van der Waals surface area contributed by atoms with Gasteiger partial charge in [-0.2, -0.15) is 4.79 Å². The van der Waals surface area contributed by atoms with E-state index in [-0.39, 0.29) is 38.0 Å². The minimum absolute atomic E-state index is 0.0138. The molecule has 1 atom stereocenters. The first-order valence-electron chi connectivity index (χ1n) is 8.34. The molecule has 0 aromatic heterocycles. The van der Waals surface area contributed by atoms with Crippen LogP contribution in [0.2, 0.25) is 0 Å². The number of rotatable bonds is 11. The van der Waals surface area contributed by atoms with Crippen LogP contribution in [0.15, 0.2) is 24.3 Å². The second-order valence-electron chi connectivity index (χ2n) is 5.97.